The Kier molecular flexibility index (Phi) is 3.84. The summed E-state index contributed by atoms with van der Waals surface area (Å²) in [6.07, 6.45) is -1.71. The molecule has 18 heavy (non-hydrogen) atoms. The van der Waals surface area contributed by atoms with Gasteiger partial charge in [-0.05, 0) is 19.1 Å². The number of aryl methyl sites for hydroxylation is 1. The van der Waals surface area contributed by atoms with E-state index >= 15 is 0 Å². The van der Waals surface area contributed by atoms with E-state index < -0.39 is 12.2 Å². The van der Waals surface area contributed by atoms with Crippen LogP contribution in [0.15, 0.2) is 24.3 Å². The van der Waals surface area contributed by atoms with E-state index in [2.05, 4.69) is 0 Å². The predicted octanol–water partition coefficient (Wildman–Crippen LogP) is -0.0622. The van der Waals surface area contributed by atoms with Crippen LogP contribution in [0.25, 0.3) is 0 Å². The average molecular weight is 251 g/mol. The molecule has 1 amide bonds. The molecule has 1 aromatic carbocycles. The molecule has 2 unspecified atom stereocenters. The van der Waals surface area contributed by atoms with Crippen LogP contribution >= 0.6 is 0 Å². The second kappa shape index (κ2) is 5.37. The minimum absolute atomic E-state index is 0.0809. The normalized spacial score (nSPS) is 23.2. The fraction of sp³-hybridized carbons (Fsp3) is 0.462. The van der Waals surface area contributed by atoms with E-state index in [-0.39, 0.29) is 25.6 Å². The minimum Gasteiger partial charge on any atom is -0.484 e. The monoisotopic (exact) mass is 251 g/mol. The summed E-state index contributed by atoms with van der Waals surface area (Å²) in [5, 5.41) is 18.7. The van der Waals surface area contributed by atoms with E-state index in [0.717, 1.165) is 5.56 Å². The van der Waals surface area contributed by atoms with Gasteiger partial charge in [0.1, 0.15) is 5.75 Å². The number of carbonyl (C=O) groups is 1. The van der Waals surface area contributed by atoms with Crippen molar-refractivity contribution >= 4 is 5.91 Å². The maximum atomic E-state index is 11.8. The Bertz CT molecular complexity index is 408. The van der Waals surface area contributed by atoms with Gasteiger partial charge in [0.05, 0.1) is 12.2 Å². The number of aliphatic hydroxyl groups excluding tert-OH is 2. The number of likely N-dealkylation sites (tertiary alicyclic amines) is 1. The molecule has 0 radical (unpaired) electrons. The van der Waals surface area contributed by atoms with Gasteiger partial charge < -0.3 is 19.8 Å². The maximum Gasteiger partial charge on any atom is 0.260 e. The highest BCUT2D eigenvalue weighted by Crippen LogP contribution is 2.13. The molecule has 0 saturated carbocycles. The van der Waals surface area contributed by atoms with Gasteiger partial charge in [0.2, 0.25) is 0 Å². The van der Waals surface area contributed by atoms with Gasteiger partial charge in [0.15, 0.2) is 6.61 Å². The number of carbonyl (C=O) groups excluding carboxylic acids is 1. The van der Waals surface area contributed by atoms with Crippen molar-refractivity contribution < 1.29 is 19.7 Å². The summed E-state index contributed by atoms with van der Waals surface area (Å²) >= 11 is 0. The Morgan fingerprint density at radius 2 is 1.83 bits per heavy atom. The molecule has 1 heterocycles. The third kappa shape index (κ3) is 3.00. The van der Waals surface area contributed by atoms with Crippen molar-refractivity contribution in [3.8, 4) is 5.75 Å². The van der Waals surface area contributed by atoms with Crippen LogP contribution in [0.3, 0.4) is 0 Å². The van der Waals surface area contributed by atoms with E-state index in [1.165, 1.54) is 4.90 Å². The lowest BCUT2D eigenvalue weighted by Crippen LogP contribution is -2.33. The topological polar surface area (TPSA) is 70.0 Å². The van der Waals surface area contributed by atoms with Crippen molar-refractivity contribution in [3.05, 3.63) is 29.8 Å². The first kappa shape index (κ1) is 12.9. The van der Waals surface area contributed by atoms with E-state index in [1.54, 1.807) is 12.1 Å². The van der Waals surface area contributed by atoms with Crippen molar-refractivity contribution in [2.24, 2.45) is 0 Å². The smallest absolute Gasteiger partial charge is 0.260 e. The van der Waals surface area contributed by atoms with Crippen LogP contribution in [0.5, 0.6) is 5.75 Å². The highest BCUT2D eigenvalue weighted by Gasteiger charge is 2.32. The third-order valence-electron chi connectivity index (χ3n) is 3.00. The summed E-state index contributed by atoms with van der Waals surface area (Å²) in [5.74, 6) is 0.403. The van der Waals surface area contributed by atoms with E-state index in [0.29, 0.717) is 5.75 Å². The number of benzene rings is 1. The largest absolute Gasteiger partial charge is 0.484 e. The number of hydrogen-bond acceptors (Lipinski definition) is 4. The van der Waals surface area contributed by atoms with Crippen LogP contribution in [0, 0.1) is 6.92 Å². The average Bonchev–Trinajstić information content (AvgIpc) is 2.69. The molecule has 1 aromatic rings. The van der Waals surface area contributed by atoms with Gasteiger partial charge in [-0.15, -0.1) is 0 Å². The third-order valence-corrected chi connectivity index (χ3v) is 3.00. The Hall–Kier alpha value is -1.59. The van der Waals surface area contributed by atoms with Crippen molar-refractivity contribution in [1.82, 2.24) is 4.90 Å². The summed E-state index contributed by atoms with van der Waals surface area (Å²) in [6, 6.07) is 7.42. The molecule has 0 aliphatic carbocycles. The zero-order chi connectivity index (χ0) is 13.1. The Morgan fingerprint density at radius 3 is 2.39 bits per heavy atom. The summed E-state index contributed by atoms with van der Waals surface area (Å²) in [5.41, 5.74) is 1.12. The lowest BCUT2D eigenvalue weighted by Gasteiger charge is -2.15. The van der Waals surface area contributed by atoms with Gasteiger partial charge in [-0.3, -0.25) is 4.79 Å². The van der Waals surface area contributed by atoms with Crippen LogP contribution in [-0.2, 0) is 4.79 Å². The number of hydrogen-bond donors (Lipinski definition) is 2. The first-order chi connectivity index (χ1) is 8.56. The fourth-order valence-corrected chi connectivity index (χ4v) is 1.84. The number of amides is 1. The molecule has 2 atom stereocenters. The standard InChI is InChI=1S/C13H17NO4/c1-9-2-4-10(5-3-9)18-8-13(17)14-6-11(15)12(16)7-14/h2-5,11-12,15-16H,6-8H2,1H3. The quantitative estimate of drug-likeness (QED) is 0.789. The van der Waals surface area contributed by atoms with Crippen molar-refractivity contribution in [3.63, 3.8) is 0 Å². The lowest BCUT2D eigenvalue weighted by atomic mass is 10.2. The SMILES string of the molecule is Cc1ccc(OCC(=O)N2CC(O)C(O)C2)cc1. The van der Waals surface area contributed by atoms with Crippen molar-refractivity contribution in [2.75, 3.05) is 19.7 Å². The molecule has 1 saturated heterocycles. The zero-order valence-electron chi connectivity index (χ0n) is 10.2. The Morgan fingerprint density at radius 1 is 1.28 bits per heavy atom. The number of nitrogens with zero attached hydrogens (tertiary/aromatic N) is 1. The fourth-order valence-electron chi connectivity index (χ4n) is 1.84. The molecule has 5 heteroatoms. The van der Waals surface area contributed by atoms with Crippen molar-refractivity contribution in [1.29, 1.82) is 0 Å². The molecule has 0 spiro atoms. The maximum absolute atomic E-state index is 11.8. The lowest BCUT2D eigenvalue weighted by molar-refractivity contribution is -0.132. The summed E-state index contributed by atoms with van der Waals surface area (Å²) in [7, 11) is 0. The first-order valence-electron chi connectivity index (χ1n) is 5.89. The number of β-amino-alcohol motifs (C(OH)–C–C–N with tert-alkyl or cyclic N) is 2. The highest BCUT2D eigenvalue weighted by atomic mass is 16.5. The van der Waals surface area contributed by atoms with E-state index in [4.69, 9.17) is 4.74 Å². The molecule has 1 fully saturated rings. The molecule has 2 rings (SSSR count). The molecule has 1 aliphatic rings. The van der Waals surface area contributed by atoms with Gasteiger partial charge in [-0.2, -0.15) is 0 Å². The molecule has 98 valence electrons. The number of rotatable bonds is 3. The molecular weight excluding hydrogens is 234 g/mol. The Balaban J connectivity index is 1.83. The molecular formula is C13H17NO4. The summed E-state index contributed by atoms with van der Waals surface area (Å²) in [4.78, 5) is 13.2. The number of ether oxygens (including phenoxy) is 1. The van der Waals surface area contributed by atoms with Crippen LogP contribution in [-0.4, -0.2) is 52.9 Å². The van der Waals surface area contributed by atoms with Gasteiger partial charge in [-0.1, -0.05) is 17.7 Å². The Labute approximate surface area is 106 Å². The van der Waals surface area contributed by atoms with Gasteiger partial charge in [0, 0.05) is 13.1 Å². The minimum atomic E-state index is -0.853. The second-order valence-corrected chi connectivity index (χ2v) is 4.54. The van der Waals surface area contributed by atoms with Gasteiger partial charge in [-0.25, -0.2) is 0 Å². The van der Waals surface area contributed by atoms with E-state index in [9.17, 15) is 15.0 Å². The number of aliphatic hydroxyl groups is 2. The van der Waals surface area contributed by atoms with Crippen LogP contribution in [0.2, 0.25) is 0 Å². The second-order valence-electron chi connectivity index (χ2n) is 4.54. The molecule has 5 nitrogen and oxygen atoms in total. The van der Waals surface area contributed by atoms with Crippen LogP contribution in [0.1, 0.15) is 5.56 Å². The van der Waals surface area contributed by atoms with Gasteiger partial charge in [0.25, 0.3) is 5.91 Å². The van der Waals surface area contributed by atoms with Gasteiger partial charge >= 0.3 is 0 Å². The van der Waals surface area contributed by atoms with Crippen LogP contribution in [0.4, 0.5) is 0 Å². The molecule has 1 aliphatic heterocycles. The predicted molar refractivity (Wildman–Crippen MR) is 65.3 cm³/mol. The summed E-state index contributed by atoms with van der Waals surface area (Å²) in [6.45, 7) is 2.22. The summed E-state index contributed by atoms with van der Waals surface area (Å²) < 4.78 is 5.35. The van der Waals surface area contributed by atoms with E-state index in [1.807, 2.05) is 19.1 Å². The molecule has 2 N–H and O–H groups in total. The molecule has 0 bridgehead atoms. The van der Waals surface area contributed by atoms with Crippen LogP contribution < -0.4 is 4.74 Å². The zero-order valence-corrected chi connectivity index (χ0v) is 10.2. The highest BCUT2D eigenvalue weighted by molar-refractivity contribution is 5.78. The van der Waals surface area contributed by atoms with Crippen molar-refractivity contribution in [2.45, 2.75) is 19.1 Å². The molecule has 0 aromatic heterocycles. The first-order valence-corrected chi connectivity index (χ1v) is 5.89.